The van der Waals surface area contributed by atoms with Crippen LogP contribution in [0.2, 0.25) is 0 Å². The molecule has 0 aromatic carbocycles. The van der Waals surface area contributed by atoms with Gasteiger partial charge in [0.15, 0.2) is 0 Å². The van der Waals surface area contributed by atoms with Crippen LogP contribution >= 0.6 is 0 Å². The Bertz CT molecular complexity index is 202. The van der Waals surface area contributed by atoms with Crippen LogP contribution in [0.4, 0.5) is 0 Å². The molecule has 0 aromatic rings. The zero-order valence-corrected chi connectivity index (χ0v) is 13.5. The van der Waals surface area contributed by atoms with Crippen molar-refractivity contribution in [2.45, 2.75) is 89.6 Å². The van der Waals surface area contributed by atoms with E-state index in [1.807, 2.05) is 0 Å². The zero-order valence-electron chi connectivity index (χ0n) is 13.5. The van der Waals surface area contributed by atoms with Crippen molar-refractivity contribution in [3.63, 3.8) is 0 Å². The molecule has 0 spiro atoms. The summed E-state index contributed by atoms with van der Waals surface area (Å²) < 4.78 is 0. The number of likely N-dealkylation sites (tertiary alicyclic amines) is 1. The highest BCUT2D eigenvalue weighted by Gasteiger charge is 2.16. The van der Waals surface area contributed by atoms with E-state index >= 15 is 0 Å². The number of nitrogens with zero attached hydrogens (tertiary/aromatic N) is 1. The van der Waals surface area contributed by atoms with Gasteiger partial charge in [-0.15, -0.1) is 0 Å². The molecule has 1 fully saturated rings. The van der Waals surface area contributed by atoms with E-state index < -0.39 is 0 Å². The molecule has 1 aliphatic rings. The third-order valence-electron chi connectivity index (χ3n) is 4.56. The summed E-state index contributed by atoms with van der Waals surface area (Å²) in [4.78, 5) is 2.49. The molecule has 1 atom stereocenters. The van der Waals surface area contributed by atoms with Gasteiger partial charge in [0.05, 0.1) is 6.17 Å². The fraction of sp³-hybridized carbons (Fsp3) is 1.00. The lowest BCUT2D eigenvalue weighted by atomic mass is 10.0. The summed E-state index contributed by atoms with van der Waals surface area (Å²) in [5.74, 6) is 0. The van der Waals surface area contributed by atoms with E-state index in [9.17, 15) is 0 Å². The first-order chi connectivity index (χ1) is 9.84. The molecule has 1 rings (SSSR count). The van der Waals surface area contributed by atoms with Crippen molar-refractivity contribution in [2.24, 2.45) is 11.5 Å². The minimum atomic E-state index is 0.326. The van der Waals surface area contributed by atoms with E-state index in [-0.39, 0.29) is 0 Å². The van der Waals surface area contributed by atoms with Gasteiger partial charge in [0.25, 0.3) is 0 Å². The molecule has 0 saturated carbocycles. The average Bonchev–Trinajstić information content (AvgIpc) is 2.50. The Morgan fingerprint density at radius 2 is 1.20 bits per heavy atom. The van der Waals surface area contributed by atoms with Gasteiger partial charge in [0.2, 0.25) is 0 Å². The second kappa shape index (κ2) is 12.6. The third kappa shape index (κ3) is 8.93. The SMILES string of the molecule is NCCCCCCCCCCCC(N)N1CCCCC1. The highest BCUT2D eigenvalue weighted by Crippen LogP contribution is 2.15. The molecule has 1 heterocycles. The lowest BCUT2D eigenvalue weighted by Crippen LogP contribution is -2.44. The van der Waals surface area contributed by atoms with E-state index in [4.69, 9.17) is 11.5 Å². The maximum atomic E-state index is 6.27. The molecular formula is C17H37N3. The van der Waals surface area contributed by atoms with Crippen molar-refractivity contribution in [1.82, 2.24) is 4.90 Å². The van der Waals surface area contributed by atoms with Gasteiger partial charge in [-0.1, -0.05) is 57.8 Å². The Morgan fingerprint density at radius 1 is 0.700 bits per heavy atom. The smallest absolute Gasteiger partial charge is 0.0571 e. The third-order valence-corrected chi connectivity index (χ3v) is 4.56. The van der Waals surface area contributed by atoms with Gasteiger partial charge in [-0.3, -0.25) is 4.90 Å². The Balaban J connectivity index is 1.82. The molecule has 3 heteroatoms. The van der Waals surface area contributed by atoms with Crippen molar-refractivity contribution in [1.29, 1.82) is 0 Å². The van der Waals surface area contributed by atoms with Crippen LogP contribution in [-0.2, 0) is 0 Å². The van der Waals surface area contributed by atoms with E-state index in [1.165, 1.54) is 96.6 Å². The first-order valence-corrected chi connectivity index (χ1v) is 9.04. The summed E-state index contributed by atoms with van der Waals surface area (Å²) in [6.07, 6.45) is 17.8. The van der Waals surface area contributed by atoms with E-state index in [0.717, 1.165) is 6.54 Å². The van der Waals surface area contributed by atoms with Gasteiger partial charge in [-0.2, -0.15) is 0 Å². The Hall–Kier alpha value is -0.120. The summed E-state index contributed by atoms with van der Waals surface area (Å²) >= 11 is 0. The van der Waals surface area contributed by atoms with Crippen LogP contribution in [0.1, 0.15) is 83.5 Å². The fourth-order valence-electron chi connectivity index (χ4n) is 3.17. The predicted octanol–water partition coefficient (Wildman–Crippen LogP) is 3.62. The molecule has 1 saturated heterocycles. The van der Waals surface area contributed by atoms with Crippen LogP contribution in [0, 0.1) is 0 Å². The van der Waals surface area contributed by atoms with Gasteiger partial charge < -0.3 is 11.5 Å². The monoisotopic (exact) mass is 283 g/mol. The van der Waals surface area contributed by atoms with Crippen molar-refractivity contribution in [3.05, 3.63) is 0 Å². The first kappa shape index (κ1) is 17.9. The molecule has 1 unspecified atom stereocenters. The van der Waals surface area contributed by atoms with E-state index in [0.29, 0.717) is 6.17 Å². The first-order valence-electron chi connectivity index (χ1n) is 9.04. The normalized spacial score (nSPS) is 18.3. The molecule has 0 aromatic heterocycles. The van der Waals surface area contributed by atoms with Gasteiger partial charge in [0, 0.05) is 0 Å². The van der Waals surface area contributed by atoms with Gasteiger partial charge in [0.1, 0.15) is 0 Å². The Morgan fingerprint density at radius 3 is 1.75 bits per heavy atom. The van der Waals surface area contributed by atoms with Crippen LogP contribution in [0.5, 0.6) is 0 Å². The number of rotatable bonds is 12. The molecule has 120 valence electrons. The molecule has 3 nitrogen and oxygen atoms in total. The maximum Gasteiger partial charge on any atom is 0.0571 e. The summed E-state index contributed by atoms with van der Waals surface area (Å²) in [6.45, 7) is 3.31. The Kier molecular flexibility index (Phi) is 11.3. The van der Waals surface area contributed by atoms with Gasteiger partial charge >= 0.3 is 0 Å². The van der Waals surface area contributed by atoms with Crippen LogP contribution < -0.4 is 11.5 Å². The maximum absolute atomic E-state index is 6.27. The van der Waals surface area contributed by atoms with Crippen molar-refractivity contribution < 1.29 is 0 Å². The molecular weight excluding hydrogens is 246 g/mol. The molecule has 0 radical (unpaired) electrons. The van der Waals surface area contributed by atoms with E-state index in [1.54, 1.807) is 0 Å². The van der Waals surface area contributed by atoms with Crippen LogP contribution in [-0.4, -0.2) is 30.7 Å². The lowest BCUT2D eigenvalue weighted by Gasteiger charge is -2.32. The number of unbranched alkanes of at least 4 members (excludes halogenated alkanes) is 8. The minimum Gasteiger partial charge on any atom is -0.330 e. The molecule has 4 N–H and O–H groups in total. The highest BCUT2D eigenvalue weighted by molar-refractivity contribution is 4.70. The number of piperidine rings is 1. The van der Waals surface area contributed by atoms with Crippen molar-refractivity contribution in [3.8, 4) is 0 Å². The molecule has 1 aliphatic heterocycles. The Labute approximate surface area is 126 Å². The number of hydrogen-bond acceptors (Lipinski definition) is 3. The quantitative estimate of drug-likeness (QED) is 0.538. The van der Waals surface area contributed by atoms with Crippen LogP contribution in [0.15, 0.2) is 0 Å². The van der Waals surface area contributed by atoms with Crippen LogP contribution in [0.3, 0.4) is 0 Å². The molecule has 20 heavy (non-hydrogen) atoms. The summed E-state index contributed by atoms with van der Waals surface area (Å²) in [6, 6.07) is 0. The van der Waals surface area contributed by atoms with Gasteiger partial charge in [-0.25, -0.2) is 0 Å². The largest absolute Gasteiger partial charge is 0.330 e. The summed E-state index contributed by atoms with van der Waals surface area (Å²) in [5.41, 5.74) is 11.8. The second-order valence-electron chi connectivity index (χ2n) is 6.42. The number of nitrogens with two attached hydrogens (primary N) is 2. The predicted molar refractivity (Wildman–Crippen MR) is 88.6 cm³/mol. The summed E-state index contributed by atoms with van der Waals surface area (Å²) in [7, 11) is 0. The highest BCUT2D eigenvalue weighted by atomic mass is 15.2. The number of hydrogen-bond donors (Lipinski definition) is 2. The van der Waals surface area contributed by atoms with Crippen molar-refractivity contribution >= 4 is 0 Å². The molecule has 0 bridgehead atoms. The molecule has 0 aliphatic carbocycles. The lowest BCUT2D eigenvalue weighted by molar-refractivity contribution is 0.156. The topological polar surface area (TPSA) is 55.3 Å². The zero-order chi connectivity index (χ0) is 14.5. The molecule has 0 amide bonds. The average molecular weight is 284 g/mol. The fourth-order valence-corrected chi connectivity index (χ4v) is 3.17. The summed E-state index contributed by atoms with van der Waals surface area (Å²) in [5, 5.41) is 0. The van der Waals surface area contributed by atoms with Crippen LogP contribution in [0.25, 0.3) is 0 Å². The van der Waals surface area contributed by atoms with Gasteiger partial charge in [-0.05, 0) is 45.3 Å². The van der Waals surface area contributed by atoms with E-state index in [2.05, 4.69) is 4.90 Å². The second-order valence-corrected chi connectivity index (χ2v) is 6.42. The standard InChI is InChI=1S/C17H37N3/c18-14-10-7-5-3-1-2-4-6-9-13-17(19)20-15-11-8-12-16-20/h17H,1-16,18-19H2. The minimum absolute atomic E-state index is 0.326. The van der Waals surface area contributed by atoms with Crippen molar-refractivity contribution in [2.75, 3.05) is 19.6 Å².